The van der Waals surface area contributed by atoms with Crippen LogP contribution in [0.3, 0.4) is 0 Å². The Kier molecular flexibility index (Phi) is 2.61. The average molecular weight is 334 g/mol. The molecule has 10 heteroatoms. The van der Waals surface area contributed by atoms with Crippen LogP contribution in [0.5, 0.6) is 0 Å². The van der Waals surface area contributed by atoms with Crippen molar-refractivity contribution < 1.29 is 20.1 Å². The van der Waals surface area contributed by atoms with Crippen molar-refractivity contribution in [1.82, 2.24) is 19.5 Å². The molecule has 0 radical (unpaired) electrons. The fraction of sp³-hybridized carbons (Fsp3) is 0.500. The van der Waals surface area contributed by atoms with Gasteiger partial charge in [-0.2, -0.15) is 0 Å². The van der Waals surface area contributed by atoms with E-state index in [0.29, 0.717) is 11.2 Å². The number of hydrogen-bond donors (Lipinski definition) is 5. The number of hydrogen-bond acceptors (Lipinski definition) is 9. The number of aliphatic hydroxyl groups excluding tert-OH is 1. The van der Waals surface area contributed by atoms with Crippen molar-refractivity contribution in [2.45, 2.75) is 37.4 Å². The molecule has 2 aliphatic rings. The van der Waals surface area contributed by atoms with Gasteiger partial charge in [-0.05, 0) is 0 Å². The molecule has 0 spiro atoms. The largest absolute Gasteiger partial charge is 0.508 e. The summed E-state index contributed by atoms with van der Waals surface area (Å²) in [5.41, 5.74) is 7.50. The van der Waals surface area contributed by atoms with Gasteiger partial charge in [0.05, 0.1) is 6.33 Å². The van der Waals surface area contributed by atoms with Gasteiger partial charge < -0.3 is 31.5 Å². The lowest BCUT2D eigenvalue weighted by Gasteiger charge is -2.27. The summed E-state index contributed by atoms with van der Waals surface area (Å²) >= 11 is 0. The first-order valence-electron chi connectivity index (χ1n) is 7.35. The summed E-state index contributed by atoms with van der Waals surface area (Å²) in [4.78, 5) is 12.1. The zero-order valence-corrected chi connectivity index (χ0v) is 13.1. The van der Waals surface area contributed by atoms with E-state index in [-0.39, 0.29) is 11.6 Å². The third-order valence-corrected chi connectivity index (χ3v) is 5.51. The van der Waals surface area contributed by atoms with Crippen LogP contribution >= 0.6 is 0 Å². The van der Waals surface area contributed by atoms with Gasteiger partial charge in [-0.15, -0.1) is 0 Å². The van der Waals surface area contributed by atoms with E-state index in [4.69, 9.17) is 16.2 Å². The maximum absolute atomic E-state index is 11.2. The first-order chi connectivity index (χ1) is 11.2. The summed E-state index contributed by atoms with van der Waals surface area (Å²) in [5.74, 6) is -0.169. The second kappa shape index (κ2) is 4.15. The molecule has 1 aliphatic carbocycles. The summed E-state index contributed by atoms with van der Waals surface area (Å²) in [5, 5.41) is 32.2. The monoisotopic (exact) mass is 334 g/mol. The van der Waals surface area contributed by atoms with Crippen LogP contribution in [0.25, 0.3) is 11.2 Å². The molecule has 1 aliphatic heterocycles. The molecule has 0 unspecified atom stereocenters. The lowest BCUT2D eigenvalue weighted by atomic mass is 10.00. The van der Waals surface area contributed by atoms with Crippen molar-refractivity contribution in [3.63, 3.8) is 0 Å². The van der Waals surface area contributed by atoms with Gasteiger partial charge in [0, 0.05) is 11.6 Å². The zero-order chi connectivity index (χ0) is 17.5. The molecule has 0 aromatic carbocycles. The van der Waals surface area contributed by atoms with Crippen molar-refractivity contribution in [2.75, 3.05) is 5.73 Å². The zero-order valence-electron chi connectivity index (χ0n) is 13.1. The van der Waals surface area contributed by atoms with E-state index < -0.39 is 28.9 Å². The lowest BCUT2D eigenvalue weighted by Crippen LogP contribution is -2.35. The van der Waals surface area contributed by atoms with Gasteiger partial charge in [0.25, 0.3) is 0 Å². The number of fused-ring (bicyclic) bond motifs is 2. The van der Waals surface area contributed by atoms with Crippen LogP contribution in [-0.2, 0) is 4.74 Å². The Bertz CT molecular complexity index is 879. The summed E-state index contributed by atoms with van der Waals surface area (Å²) in [7, 11) is 0. The molecule has 128 valence electrons. The van der Waals surface area contributed by atoms with Crippen LogP contribution < -0.4 is 11.5 Å². The van der Waals surface area contributed by atoms with E-state index in [9.17, 15) is 15.3 Å². The van der Waals surface area contributed by atoms with Crippen molar-refractivity contribution in [3.8, 4) is 0 Å². The number of nitrogen functional groups attached to an aromatic ring is 1. The van der Waals surface area contributed by atoms with Crippen LogP contribution in [0.1, 0.15) is 20.1 Å². The van der Waals surface area contributed by atoms with Crippen LogP contribution in [0, 0.1) is 5.41 Å². The molecule has 24 heavy (non-hydrogen) atoms. The first kappa shape index (κ1) is 15.1. The molecule has 2 aromatic heterocycles. The molecule has 2 aromatic rings. The second-order valence-electron chi connectivity index (χ2n) is 6.70. The highest BCUT2D eigenvalue weighted by atomic mass is 16.6. The molecule has 1 saturated carbocycles. The summed E-state index contributed by atoms with van der Waals surface area (Å²) in [6.45, 7) is 3.36. The van der Waals surface area contributed by atoms with E-state index >= 15 is 0 Å². The number of imidazole rings is 1. The van der Waals surface area contributed by atoms with Crippen LogP contribution in [0.2, 0.25) is 0 Å². The van der Waals surface area contributed by atoms with Gasteiger partial charge >= 0.3 is 0 Å². The Morgan fingerprint density at radius 3 is 2.67 bits per heavy atom. The van der Waals surface area contributed by atoms with E-state index in [1.165, 1.54) is 17.2 Å². The van der Waals surface area contributed by atoms with Crippen LogP contribution in [-0.4, -0.2) is 52.1 Å². The predicted molar refractivity (Wildman–Crippen MR) is 82.2 cm³/mol. The van der Waals surface area contributed by atoms with Crippen LogP contribution in [0.4, 0.5) is 5.82 Å². The second-order valence-corrected chi connectivity index (χ2v) is 6.70. The van der Waals surface area contributed by atoms with Gasteiger partial charge in [0.2, 0.25) is 0 Å². The van der Waals surface area contributed by atoms with Crippen molar-refractivity contribution in [1.29, 1.82) is 0 Å². The summed E-state index contributed by atoms with van der Waals surface area (Å²) in [6, 6.07) is 0. The number of anilines is 1. The Morgan fingerprint density at radius 1 is 1.29 bits per heavy atom. The van der Waals surface area contributed by atoms with E-state index in [2.05, 4.69) is 15.0 Å². The van der Waals surface area contributed by atoms with E-state index in [1.54, 1.807) is 13.8 Å². The minimum Gasteiger partial charge on any atom is -0.508 e. The number of rotatable bonds is 2. The number of nitrogens with two attached hydrogens (primary N) is 2. The Balaban J connectivity index is 1.89. The first-order valence-corrected chi connectivity index (χ1v) is 7.35. The van der Waals surface area contributed by atoms with Gasteiger partial charge in [-0.25, -0.2) is 15.0 Å². The molecule has 1 saturated heterocycles. The van der Waals surface area contributed by atoms with Crippen LogP contribution in [0.15, 0.2) is 24.6 Å². The van der Waals surface area contributed by atoms with Gasteiger partial charge in [-0.3, -0.25) is 4.57 Å². The molecular weight excluding hydrogens is 316 g/mol. The highest BCUT2D eigenvalue weighted by Crippen LogP contribution is 2.76. The van der Waals surface area contributed by atoms with Gasteiger partial charge in [-0.1, -0.05) is 13.8 Å². The smallest absolute Gasteiger partial charge is 0.170 e. The standard InChI is InChI=1S/C14H18N6O4/c1-12(2)13(22)8(6(21)3-15)24-11(14(12,13)23)20-5-19-7-9(16)17-4-18-10(7)20/h3-5,8,11,21-23H,15H2,1-2H3,(H2,16,17,18)/t8-,11-,13+,14-/m1/s1. The van der Waals surface area contributed by atoms with E-state index in [1.807, 2.05) is 0 Å². The SMILES string of the molecule is CC1(C)[C@]2(O)[C@H](n3cnc4c(N)ncnc43)O[C@H](C(O)=CN)[C@]12O. The maximum atomic E-state index is 11.2. The molecular formula is C14H18N6O4. The lowest BCUT2D eigenvalue weighted by molar-refractivity contribution is -0.108. The molecule has 7 N–H and O–H groups in total. The third kappa shape index (κ3) is 1.32. The Hall–Kier alpha value is -2.43. The predicted octanol–water partition coefficient (Wildman–Crippen LogP) is -0.834. The normalized spacial score (nSPS) is 37.6. The molecule has 2 fully saturated rings. The topological polar surface area (TPSA) is 166 Å². The molecule has 0 amide bonds. The van der Waals surface area contributed by atoms with Gasteiger partial charge in [0.15, 0.2) is 23.8 Å². The van der Waals surface area contributed by atoms with Crippen molar-refractivity contribution in [2.24, 2.45) is 11.1 Å². The van der Waals surface area contributed by atoms with Crippen molar-refractivity contribution in [3.05, 3.63) is 24.6 Å². The Labute approximate surface area is 136 Å². The number of nitrogens with zero attached hydrogens (tertiary/aromatic N) is 4. The molecule has 0 bridgehead atoms. The minimum absolute atomic E-state index is 0.190. The maximum Gasteiger partial charge on any atom is 0.170 e. The summed E-state index contributed by atoms with van der Waals surface area (Å²) < 4.78 is 7.20. The molecule has 4 atom stereocenters. The number of aromatic nitrogens is 4. The van der Waals surface area contributed by atoms with Gasteiger partial charge in [0.1, 0.15) is 28.8 Å². The highest BCUT2D eigenvalue weighted by Gasteiger charge is 2.93. The van der Waals surface area contributed by atoms with E-state index in [0.717, 1.165) is 6.20 Å². The molecule has 3 heterocycles. The highest BCUT2D eigenvalue weighted by molar-refractivity contribution is 5.81. The van der Waals surface area contributed by atoms with Crippen molar-refractivity contribution >= 4 is 17.0 Å². The number of aliphatic hydroxyl groups is 3. The number of ether oxygens (including phenoxy) is 1. The molecule has 10 nitrogen and oxygen atoms in total. The summed E-state index contributed by atoms with van der Waals surface area (Å²) in [6.07, 6.45) is 1.39. The minimum atomic E-state index is -1.71. The quantitative estimate of drug-likeness (QED) is 0.440. The Morgan fingerprint density at radius 2 is 2.00 bits per heavy atom. The fourth-order valence-corrected chi connectivity index (χ4v) is 3.93. The average Bonchev–Trinajstić information content (AvgIpc) is 2.93. The molecule has 4 rings (SSSR count). The fourth-order valence-electron chi connectivity index (χ4n) is 3.93. The third-order valence-electron chi connectivity index (χ3n) is 5.51.